The Morgan fingerprint density at radius 3 is 2.93 bits per heavy atom. The fourth-order valence-corrected chi connectivity index (χ4v) is 1.49. The Kier molecular flexibility index (Phi) is 4.36. The van der Waals surface area contributed by atoms with E-state index in [9.17, 15) is 4.79 Å². The third kappa shape index (κ3) is 3.09. The second kappa shape index (κ2) is 5.55. The Labute approximate surface area is 92.4 Å². The summed E-state index contributed by atoms with van der Waals surface area (Å²) in [6, 6.07) is 0. The molecule has 0 aliphatic carbocycles. The van der Waals surface area contributed by atoms with Crippen molar-refractivity contribution < 1.29 is 9.53 Å². The van der Waals surface area contributed by atoms with Crippen molar-refractivity contribution in [2.75, 3.05) is 18.6 Å². The fourth-order valence-electron chi connectivity index (χ4n) is 0.963. The lowest BCUT2D eigenvalue weighted by atomic mass is 10.3. The van der Waals surface area contributed by atoms with Crippen LogP contribution in [0.1, 0.15) is 23.1 Å². The third-order valence-corrected chi connectivity index (χ3v) is 2.58. The average Bonchev–Trinajstić information content (AvgIpc) is 2.25. The van der Waals surface area contributed by atoms with Gasteiger partial charge in [0.2, 0.25) is 0 Å². The van der Waals surface area contributed by atoms with Gasteiger partial charge in [0.25, 0.3) is 0 Å². The topological polar surface area (TPSA) is 78.1 Å². The number of rotatable bonds is 4. The molecule has 0 saturated heterocycles. The first-order valence-corrected chi connectivity index (χ1v) is 5.62. The smallest absolute Gasteiger partial charge is 0.343 e. The molecule has 0 fully saturated rings. The van der Waals surface area contributed by atoms with Gasteiger partial charge in [0.05, 0.1) is 12.9 Å². The number of carbonyl (C=O) groups excluding carboxylic acids is 1. The normalized spacial score (nSPS) is 10.0. The van der Waals surface area contributed by atoms with Crippen molar-refractivity contribution in [3.63, 3.8) is 0 Å². The van der Waals surface area contributed by atoms with Gasteiger partial charge in [0.1, 0.15) is 17.2 Å². The van der Waals surface area contributed by atoms with Crippen LogP contribution in [-0.4, -0.2) is 28.8 Å². The molecule has 2 N–H and O–H groups in total. The zero-order chi connectivity index (χ0) is 11.3. The van der Waals surface area contributed by atoms with Crippen LogP contribution in [-0.2, 0) is 10.5 Å². The standard InChI is InChI=1S/C9H13N3O2S/c1-3-15-5-7-11-4-6(8(10)12-7)9(13)14-2/h4H,3,5H2,1-2H3,(H2,10,11,12). The SMILES string of the molecule is CCSCc1ncc(C(=O)OC)c(N)n1. The molecule has 0 radical (unpaired) electrons. The lowest BCUT2D eigenvalue weighted by molar-refractivity contribution is 0.0601. The van der Waals surface area contributed by atoms with E-state index in [1.165, 1.54) is 13.3 Å². The van der Waals surface area contributed by atoms with Gasteiger partial charge in [-0.3, -0.25) is 0 Å². The molecular weight excluding hydrogens is 214 g/mol. The molecule has 0 aromatic carbocycles. The molecule has 5 nitrogen and oxygen atoms in total. The van der Waals surface area contributed by atoms with Gasteiger partial charge in [-0.1, -0.05) is 6.92 Å². The molecule has 1 heterocycles. The molecule has 0 saturated carbocycles. The summed E-state index contributed by atoms with van der Waals surface area (Å²) in [7, 11) is 1.29. The van der Waals surface area contributed by atoms with E-state index < -0.39 is 5.97 Å². The highest BCUT2D eigenvalue weighted by atomic mass is 32.2. The van der Waals surface area contributed by atoms with Crippen molar-refractivity contribution in [1.29, 1.82) is 0 Å². The number of thioether (sulfide) groups is 1. The minimum absolute atomic E-state index is 0.170. The molecule has 1 aromatic heterocycles. The Morgan fingerprint density at radius 2 is 2.40 bits per heavy atom. The molecule has 0 spiro atoms. The van der Waals surface area contributed by atoms with E-state index in [-0.39, 0.29) is 11.4 Å². The maximum atomic E-state index is 11.2. The molecule has 1 rings (SSSR count). The van der Waals surface area contributed by atoms with E-state index in [0.717, 1.165) is 5.75 Å². The average molecular weight is 227 g/mol. The summed E-state index contributed by atoms with van der Waals surface area (Å²) in [5.41, 5.74) is 5.82. The summed E-state index contributed by atoms with van der Waals surface area (Å²) in [5, 5.41) is 0. The van der Waals surface area contributed by atoms with Crippen molar-refractivity contribution >= 4 is 23.5 Å². The number of esters is 1. The van der Waals surface area contributed by atoms with Gasteiger partial charge in [0, 0.05) is 6.20 Å². The first-order valence-electron chi connectivity index (χ1n) is 4.46. The number of aromatic nitrogens is 2. The van der Waals surface area contributed by atoms with Gasteiger partial charge in [-0.05, 0) is 5.75 Å². The summed E-state index contributed by atoms with van der Waals surface area (Å²) < 4.78 is 4.53. The predicted molar refractivity (Wildman–Crippen MR) is 59.6 cm³/mol. The molecule has 6 heteroatoms. The minimum atomic E-state index is -0.512. The summed E-state index contributed by atoms with van der Waals surface area (Å²) >= 11 is 1.69. The van der Waals surface area contributed by atoms with Crippen LogP contribution in [0.5, 0.6) is 0 Å². The number of hydrogen-bond donors (Lipinski definition) is 1. The summed E-state index contributed by atoms with van der Waals surface area (Å²) in [6.45, 7) is 2.05. The largest absolute Gasteiger partial charge is 0.465 e. The van der Waals surface area contributed by atoms with Crippen molar-refractivity contribution in [3.05, 3.63) is 17.6 Å². The maximum Gasteiger partial charge on any atom is 0.343 e. The van der Waals surface area contributed by atoms with Crippen LogP contribution >= 0.6 is 11.8 Å². The van der Waals surface area contributed by atoms with Crippen LogP contribution in [0.2, 0.25) is 0 Å². The fraction of sp³-hybridized carbons (Fsp3) is 0.444. The van der Waals surface area contributed by atoms with Crippen LogP contribution in [0.4, 0.5) is 5.82 Å². The lowest BCUT2D eigenvalue weighted by Gasteiger charge is -2.04. The first-order chi connectivity index (χ1) is 7.19. The highest BCUT2D eigenvalue weighted by Gasteiger charge is 2.12. The number of nitrogens with zero attached hydrogens (tertiary/aromatic N) is 2. The van der Waals surface area contributed by atoms with E-state index in [0.29, 0.717) is 11.6 Å². The van der Waals surface area contributed by atoms with Gasteiger partial charge in [-0.15, -0.1) is 0 Å². The van der Waals surface area contributed by atoms with Gasteiger partial charge >= 0.3 is 5.97 Å². The number of nitrogen functional groups attached to an aromatic ring is 1. The Morgan fingerprint density at radius 1 is 1.67 bits per heavy atom. The van der Waals surface area contributed by atoms with E-state index in [4.69, 9.17) is 5.73 Å². The number of ether oxygens (including phenoxy) is 1. The zero-order valence-corrected chi connectivity index (χ0v) is 9.50. The summed E-state index contributed by atoms with van der Waals surface area (Å²) in [6.07, 6.45) is 1.40. The van der Waals surface area contributed by atoms with Gasteiger partial charge in [-0.2, -0.15) is 11.8 Å². The Bertz CT molecular complexity index is 357. The summed E-state index contributed by atoms with van der Waals surface area (Å²) in [5.74, 6) is 1.97. The van der Waals surface area contributed by atoms with E-state index in [1.54, 1.807) is 11.8 Å². The molecule has 82 valence electrons. The summed E-state index contributed by atoms with van der Waals surface area (Å²) in [4.78, 5) is 19.2. The number of nitrogens with two attached hydrogens (primary N) is 1. The number of anilines is 1. The molecule has 0 unspecified atom stereocenters. The molecule has 0 atom stereocenters. The lowest BCUT2D eigenvalue weighted by Crippen LogP contribution is -2.09. The quantitative estimate of drug-likeness (QED) is 0.776. The molecule has 0 aliphatic rings. The van der Waals surface area contributed by atoms with Crippen LogP contribution in [0.25, 0.3) is 0 Å². The zero-order valence-electron chi connectivity index (χ0n) is 8.69. The molecular formula is C9H13N3O2S. The maximum absolute atomic E-state index is 11.2. The third-order valence-electron chi connectivity index (χ3n) is 1.71. The number of hydrogen-bond acceptors (Lipinski definition) is 6. The Balaban J connectivity index is 2.83. The minimum Gasteiger partial charge on any atom is -0.465 e. The van der Waals surface area contributed by atoms with Crippen LogP contribution in [0.3, 0.4) is 0 Å². The van der Waals surface area contributed by atoms with Crippen LogP contribution in [0.15, 0.2) is 6.20 Å². The second-order valence-electron chi connectivity index (χ2n) is 2.71. The van der Waals surface area contributed by atoms with Gasteiger partial charge in [-0.25, -0.2) is 14.8 Å². The van der Waals surface area contributed by atoms with Crippen molar-refractivity contribution in [2.45, 2.75) is 12.7 Å². The molecule has 15 heavy (non-hydrogen) atoms. The van der Waals surface area contributed by atoms with Gasteiger partial charge in [0.15, 0.2) is 0 Å². The monoisotopic (exact) mass is 227 g/mol. The van der Waals surface area contributed by atoms with E-state index in [2.05, 4.69) is 21.6 Å². The van der Waals surface area contributed by atoms with Gasteiger partial charge < -0.3 is 10.5 Å². The number of carbonyl (C=O) groups is 1. The van der Waals surface area contributed by atoms with Crippen LogP contribution in [0, 0.1) is 0 Å². The van der Waals surface area contributed by atoms with E-state index >= 15 is 0 Å². The molecule has 1 aromatic rings. The van der Waals surface area contributed by atoms with Crippen molar-refractivity contribution in [3.8, 4) is 0 Å². The molecule has 0 amide bonds. The Hall–Kier alpha value is -1.30. The second-order valence-corrected chi connectivity index (χ2v) is 3.99. The highest BCUT2D eigenvalue weighted by Crippen LogP contribution is 2.12. The van der Waals surface area contributed by atoms with E-state index in [1.807, 2.05) is 0 Å². The number of methoxy groups -OCH3 is 1. The van der Waals surface area contributed by atoms with Crippen molar-refractivity contribution in [1.82, 2.24) is 9.97 Å². The first kappa shape index (κ1) is 11.8. The molecule has 0 aliphatic heterocycles. The highest BCUT2D eigenvalue weighted by molar-refractivity contribution is 7.98. The predicted octanol–water partition coefficient (Wildman–Crippen LogP) is 1.10. The van der Waals surface area contributed by atoms with Crippen molar-refractivity contribution in [2.24, 2.45) is 0 Å². The molecule has 0 bridgehead atoms. The van der Waals surface area contributed by atoms with Crippen LogP contribution < -0.4 is 5.73 Å².